The average molecular weight is 286 g/mol. The van der Waals surface area contributed by atoms with Crippen LogP contribution in [0.25, 0.3) is 10.6 Å². The molecule has 98 valence electrons. The van der Waals surface area contributed by atoms with E-state index in [2.05, 4.69) is 4.98 Å². The zero-order valence-corrected chi connectivity index (χ0v) is 10.1. The van der Waals surface area contributed by atoms with Crippen LogP contribution in [0, 0.1) is 17.1 Å². The van der Waals surface area contributed by atoms with Crippen LogP contribution in [-0.4, -0.2) is 4.98 Å². The van der Waals surface area contributed by atoms with Crippen LogP contribution < -0.4 is 0 Å². The van der Waals surface area contributed by atoms with Crippen LogP contribution in [0.3, 0.4) is 0 Å². The van der Waals surface area contributed by atoms with Crippen molar-refractivity contribution in [3.05, 3.63) is 40.7 Å². The normalized spacial score (nSPS) is 11.3. The maximum absolute atomic E-state index is 13.1. The molecule has 2 nitrogen and oxygen atoms in total. The highest BCUT2D eigenvalue weighted by atomic mass is 32.1. The topological polar surface area (TPSA) is 36.7 Å². The Morgan fingerprint density at radius 3 is 2.68 bits per heavy atom. The molecule has 0 aliphatic carbocycles. The average Bonchev–Trinajstić information content (AvgIpc) is 2.76. The molecule has 0 unspecified atom stereocenters. The van der Waals surface area contributed by atoms with Crippen molar-refractivity contribution in [3.8, 4) is 16.6 Å². The monoisotopic (exact) mass is 286 g/mol. The van der Waals surface area contributed by atoms with Crippen molar-refractivity contribution in [1.82, 2.24) is 4.98 Å². The molecule has 1 aromatic heterocycles. The van der Waals surface area contributed by atoms with Gasteiger partial charge in [0.25, 0.3) is 0 Å². The van der Waals surface area contributed by atoms with Crippen molar-refractivity contribution in [2.24, 2.45) is 0 Å². The van der Waals surface area contributed by atoms with E-state index in [0.717, 1.165) is 23.5 Å². The van der Waals surface area contributed by atoms with E-state index in [0.29, 0.717) is 11.8 Å². The Hall–Kier alpha value is -1.94. The Kier molecular flexibility index (Phi) is 3.53. The predicted molar refractivity (Wildman–Crippen MR) is 61.8 cm³/mol. The lowest BCUT2D eigenvalue weighted by atomic mass is 10.1. The first kappa shape index (κ1) is 13.5. The van der Waals surface area contributed by atoms with Gasteiger partial charge in [-0.15, -0.1) is 11.3 Å². The van der Waals surface area contributed by atoms with Crippen molar-refractivity contribution in [2.75, 3.05) is 0 Å². The zero-order chi connectivity index (χ0) is 14.0. The molecule has 1 aromatic carbocycles. The lowest BCUT2D eigenvalue weighted by molar-refractivity contribution is -0.137. The van der Waals surface area contributed by atoms with Gasteiger partial charge in [-0.05, 0) is 18.2 Å². The van der Waals surface area contributed by atoms with Gasteiger partial charge in [-0.2, -0.15) is 18.4 Å². The number of hydrogen-bond acceptors (Lipinski definition) is 3. The summed E-state index contributed by atoms with van der Waals surface area (Å²) >= 11 is 0.953. The van der Waals surface area contributed by atoms with Gasteiger partial charge < -0.3 is 0 Å². The third-order valence-electron chi connectivity index (χ3n) is 2.33. The summed E-state index contributed by atoms with van der Waals surface area (Å²) in [6.45, 7) is 0. The van der Waals surface area contributed by atoms with E-state index in [1.54, 1.807) is 0 Å². The molecule has 1 heterocycles. The molecule has 0 saturated carbocycles. The van der Waals surface area contributed by atoms with Crippen molar-refractivity contribution in [3.63, 3.8) is 0 Å². The minimum Gasteiger partial charge on any atom is -0.240 e. The van der Waals surface area contributed by atoms with Gasteiger partial charge in [-0.3, -0.25) is 0 Å². The second kappa shape index (κ2) is 4.97. The molecule has 0 aliphatic rings. The van der Waals surface area contributed by atoms with Gasteiger partial charge in [0, 0.05) is 10.9 Å². The van der Waals surface area contributed by atoms with E-state index in [-0.39, 0.29) is 17.0 Å². The number of rotatable bonds is 2. The molecule has 0 spiro atoms. The largest absolute Gasteiger partial charge is 0.417 e. The third kappa shape index (κ3) is 2.90. The molecule has 0 amide bonds. The molecule has 2 aromatic rings. The molecule has 0 saturated heterocycles. The number of nitrogens with zero attached hydrogens (tertiary/aromatic N) is 2. The smallest absolute Gasteiger partial charge is 0.240 e. The molecular formula is C12H6F4N2S. The SMILES string of the molecule is N#CCc1csc(-c2cc(F)ccc2C(F)(F)F)n1. The molecule has 0 radical (unpaired) electrons. The van der Waals surface area contributed by atoms with Crippen LogP contribution in [0.2, 0.25) is 0 Å². The fraction of sp³-hybridized carbons (Fsp3) is 0.167. The highest BCUT2D eigenvalue weighted by Gasteiger charge is 2.34. The van der Waals surface area contributed by atoms with E-state index in [1.165, 1.54) is 5.38 Å². The van der Waals surface area contributed by atoms with E-state index < -0.39 is 17.6 Å². The first-order valence-corrected chi connectivity index (χ1v) is 5.98. The second-order valence-corrected chi connectivity index (χ2v) is 4.52. The minimum absolute atomic E-state index is 0.00711. The quantitative estimate of drug-likeness (QED) is 0.781. The van der Waals surface area contributed by atoms with E-state index in [9.17, 15) is 17.6 Å². The number of hydrogen-bond donors (Lipinski definition) is 0. The fourth-order valence-corrected chi connectivity index (χ4v) is 2.38. The Balaban J connectivity index is 2.54. The van der Waals surface area contributed by atoms with E-state index in [4.69, 9.17) is 5.26 Å². The summed E-state index contributed by atoms with van der Waals surface area (Å²) in [5.41, 5.74) is -0.867. The standard InChI is InChI=1S/C12H6F4N2S/c13-7-1-2-10(12(14,15)16)9(5-7)11-18-8(3-4-17)6-19-11/h1-2,5-6H,3H2. The lowest BCUT2D eigenvalue weighted by Gasteiger charge is -2.10. The molecule has 2 rings (SSSR count). The molecule has 0 atom stereocenters. The molecule has 0 aliphatic heterocycles. The lowest BCUT2D eigenvalue weighted by Crippen LogP contribution is -2.07. The van der Waals surface area contributed by atoms with Crippen molar-refractivity contribution >= 4 is 11.3 Å². The summed E-state index contributed by atoms with van der Waals surface area (Å²) in [7, 11) is 0. The van der Waals surface area contributed by atoms with E-state index >= 15 is 0 Å². The van der Waals surface area contributed by atoms with Gasteiger partial charge in [-0.1, -0.05) is 0 Å². The summed E-state index contributed by atoms with van der Waals surface area (Å²) in [6, 6.07) is 4.11. The maximum atomic E-state index is 13.1. The highest BCUT2D eigenvalue weighted by Crippen LogP contribution is 2.38. The summed E-state index contributed by atoms with van der Waals surface area (Å²) in [6.07, 6.45) is -4.57. The number of aromatic nitrogens is 1. The summed E-state index contributed by atoms with van der Waals surface area (Å²) in [5, 5.41) is 10.0. The minimum atomic E-state index is -4.58. The zero-order valence-electron chi connectivity index (χ0n) is 9.33. The molecule has 7 heteroatoms. The number of alkyl halides is 3. The molecule has 0 fully saturated rings. The van der Waals surface area contributed by atoms with Gasteiger partial charge >= 0.3 is 6.18 Å². The Morgan fingerprint density at radius 1 is 1.32 bits per heavy atom. The van der Waals surface area contributed by atoms with Crippen LogP contribution in [0.15, 0.2) is 23.6 Å². The van der Waals surface area contributed by atoms with Gasteiger partial charge in [0.2, 0.25) is 0 Å². The summed E-state index contributed by atoms with van der Waals surface area (Å²) < 4.78 is 51.6. The molecule has 0 N–H and O–H groups in total. The van der Waals surface area contributed by atoms with Crippen molar-refractivity contribution < 1.29 is 17.6 Å². The first-order chi connectivity index (χ1) is 8.91. The number of thiazole rings is 1. The molecular weight excluding hydrogens is 280 g/mol. The fourth-order valence-electron chi connectivity index (χ4n) is 1.53. The van der Waals surface area contributed by atoms with Crippen LogP contribution in [-0.2, 0) is 12.6 Å². The first-order valence-electron chi connectivity index (χ1n) is 5.10. The van der Waals surface area contributed by atoms with Crippen molar-refractivity contribution in [2.45, 2.75) is 12.6 Å². The highest BCUT2D eigenvalue weighted by molar-refractivity contribution is 7.13. The third-order valence-corrected chi connectivity index (χ3v) is 3.25. The molecule has 0 bridgehead atoms. The Labute approximate surface area is 109 Å². The van der Waals surface area contributed by atoms with Gasteiger partial charge in [0.1, 0.15) is 10.8 Å². The van der Waals surface area contributed by atoms with Gasteiger partial charge in [0.15, 0.2) is 0 Å². The predicted octanol–water partition coefficient (Wildman–Crippen LogP) is 4.03. The summed E-state index contributed by atoms with van der Waals surface area (Å²) in [5.74, 6) is -0.764. The van der Waals surface area contributed by atoms with Crippen LogP contribution in [0.1, 0.15) is 11.3 Å². The van der Waals surface area contributed by atoms with Crippen LogP contribution in [0.4, 0.5) is 17.6 Å². The summed E-state index contributed by atoms with van der Waals surface area (Å²) in [4.78, 5) is 3.91. The Morgan fingerprint density at radius 2 is 2.05 bits per heavy atom. The Bertz CT molecular complexity index is 640. The number of halogens is 4. The van der Waals surface area contributed by atoms with Crippen LogP contribution in [0.5, 0.6) is 0 Å². The number of nitriles is 1. The van der Waals surface area contributed by atoms with Crippen LogP contribution >= 0.6 is 11.3 Å². The van der Waals surface area contributed by atoms with E-state index in [1.807, 2.05) is 6.07 Å². The maximum Gasteiger partial charge on any atom is 0.417 e. The van der Waals surface area contributed by atoms with Gasteiger partial charge in [0.05, 0.1) is 23.7 Å². The molecule has 19 heavy (non-hydrogen) atoms. The number of benzene rings is 1. The van der Waals surface area contributed by atoms with Gasteiger partial charge in [-0.25, -0.2) is 9.37 Å². The second-order valence-electron chi connectivity index (χ2n) is 3.67. The van der Waals surface area contributed by atoms with Crippen molar-refractivity contribution in [1.29, 1.82) is 5.26 Å².